The van der Waals surface area contributed by atoms with Crippen LogP contribution in [-0.2, 0) is 11.3 Å². The van der Waals surface area contributed by atoms with Gasteiger partial charge < -0.3 is 4.74 Å². The van der Waals surface area contributed by atoms with Crippen molar-refractivity contribution in [1.29, 1.82) is 0 Å². The summed E-state index contributed by atoms with van der Waals surface area (Å²) in [6, 6.07) is 5.93. The second-order valence-corrected chi connectivity index (χ2v) is 3.67. The fraction of sp³-hybridized carbons (Fsp3) is 0.364. The van der Waals surface area contributed by atoms with Gasteiger partial charge >= 0.3 is 6.18 Å². The van der Waals surface area contributed by atoms with Crippen molar-refractivity contribution in [3.8, 4) is 0 Å². The molecule has 0 saturated carbocycles. The Morgan fingerprint density at radius 3 is 2.39 bits per heavy atom. The summed E-state index contributed by atoms with van der Waals surface area (Å²) in [7, 11) is 0. The van der Waals surface area contributed by atoms with Crippen LogP contribution in [0.5, 0.6) is 0 Å². The van der Waals surface area contributed by atoms with Gasteiger partial charge in [-0.3, -0.25) is 10.2 Å². The molecule has 1 amide bonds. The highest BCUT2D eigenvalue weighted by atomic mass is 19.4. The van der Waals surface area contributed by atoms with Gasteiger partial charge in [0.05, 0.1) is 6.61 Å². The molecule has 0 fully saturated rings. The SMILES string of the molecule is CC(OCc1ccc(C(=O)NN)cc1)C(F)(F)F. The number of ether oxygens (including phenoxy) is 1. The Balaban J connectivity index is 2.57. The lowest BCUT2D eigenvalue weighted by Crippen LogP contribution is -2.30. The Bertz CT molecular complexity index is 404. The summed E-state index contributed by atoms with van der Waals surface area (Å²) in [5.74, 6) is 4.47. The molecule has 1 aromatic rings. The van der Waals surface area contributed by atoms with E-state index < -0.39 is 18.2 Å². The van der Waals surface area contributed by atoms with Crippen molar-refractivity contribution in [2.24, 2.45) is 5.84 Å². The molecule has 100 valence electrons. The van der Waals surface area contributed by atoms with Crippen molar-refractivity contribution in [1.82, 2.24) is 5.43 Å². The fourth-order valence-corrected chi connectivity index (χ4v) is 1.15. The number of alkyl halides is 3. The molecule has 3 N–H and O–H groups in total. The molecule has 0 aliphatic rings. The first-order chi connectivity index (χ1) is 8.34. The molecular weight excluding hydrogens is 249 g/mol. The maximum atomic E-state index is 12.2. The second-order valence-electron chi connectivity index (χ2n) is 3.67. The van der Waals surface area contributed by atoms with Crippen molar-refractivity contribution in [2.45, 2.75) is 25.8 Å². The van der Waals surface area contributed by atoms with Gasteiger partial charge in [0.1, 0.15) is 0 Å². The molecule has 1 unspecified atom stereocenters. The van der Waals surface area contributed by atoms with E-state index in [4.69, 9.17) is 5.84 Å². The Hall–Kier alpha value is -1.60. The lowest BCUT2D eigenvalue weighted by Gasteiger charge is -2.16. The minimum atomic E-state index is -4.38. The fourth-order valence-electron chi connectivity index (χ4n) is 1.15. The number of halogens is 3. The summed E-state index contributed by atoms with van der Waals surface area (Å²) in [6.45, 7) is 0.765. The molecule has 0 heterocycles. The van der Waals surface area contributed by atoms with Crippen molar-refractivity contribution < 1.29 is 22.7 Å². The van der Waals surface area contributed by atoms with Crippen LogP contribution in [0.1, 0.15) is 22.8 Å². The molecule has 1 atom stereocenters. The molecule has 7 heteroatoms. The molecule has 0 saturated heterocycles. The van der Waals surface area contributed by atoms with E-state index in [9.17, 15) is 18.0 Å². The van der Waals surface area contributed by atoms with Crippen LogP contribution < -0.4 is 11.3 Å². The summed E-state index contributed by atoms with van der Waals surface area (Å²) < 4.78 is 41.2. The van der Waals surface area contributed by atoms with E-state index in [0.29, 0.717) is 11.1 Å². The number of nitrogen functional groups attached to an aromatic ring is 1. The van der Waals surface area contributed by atoms with Gasteiger partial charge in [-0.1, -0.05) is 12.1 Å². The zero-order chi connectivity index (χ0) is 13.8. The zero-order valence-electron chi connectivity index (χ0n) is 9.62. The predicted octanol–water partition coefficient (Wildman–Crippen LogP) is 1.76. The van der Waals surface area contributed by atoms with E-state index in [0.717, 1.165) is 6.92 Å². The van der Waals surface area contributed by atoms with Crippen LogP contribution in [0.2, 0.25) is 0 Å². The molecule has 1 aromatic carbocycles. The summed E-state index contributed by atoms with van der Waals surface area (Å²) in [4.78, 5) is 11.1. The van der Waals surface area contributed by atoms with Crippen LogP contribution in [0, 0.1) is 0 Å². The van der Waals surface area contributed by atoms with Gasteiger partial charge in [-0.2, -0.15) is 13.2 Å². The standard InChI is InChI=1S/C11H13F3N2O2/c1-7(11(12,13)14)18-6-8-2-4-9(5-3-8)10(17)16-15/h2-5,7H,6,15H2,1H3,(H,16,17). The van der Waals surface area contributed by atoms with Gasteiger partial charge in [0.2, 0.25) is 0 Å². The van der Waals surface area contributed by atoms with E-state index >= 15 is 0 Å². The van der Waals surface area contributed by atoms with Crippen LogP contribution in [-0.4, -0.2) is 18.2 Å². The Morgan fingerprint density at radius 1 is 1.39 bits per heavy atom. The van der Waals surface area contributed by atoms with Gasteiger partial charge in [0.25, 0.3) is 5.91 Å². The van der Waals surface area contributed by atoms with Gasteiger partial charge in [-0.05, 0) is 24.6 Å². The molecule has 1 rings (SSSR count). The molecule has 0 aliphatic heterocycles. The zero-order valence-corrected chi connectivity index (χ0v) is 9.62. The third-order valence-electron chi connectivity index (χ3n) is 2.31. The average molecular weight is 262 g/mol. The first-order valence-corrected chi connectivity index (χ1v) is 5.13. The second kappa shape index (κ2) is 5.83. The van der Waals surface area contributed by atoms with Crippen LogP contribution >= 0.6 is 0 Å². The van der Waals surface area contributed by atoms with Crippen LogP contribution in [0.15, 0.2) is 24.3 Å². The summed E-state index contributed by atoms with van der Waals surface area (Å²) in [6.07, 6.45) is -6.20. The van der Waals surface area contributed by atoms with E-state index in [-0.39, 0.29) is 6.61 Å². The molecule has 0 aliphatic carbocycles. The highest BCUT2D eigenvalue weighted by molar-refractivity contribution is 5.93. The maximum absolute atomic E-state index is 12.2. The van der Waals surface area contributed by atoms with Crippen LogP contribution in [0.25, 0.3) is 0 Å². The van der Waals surface area contributed by atoms with E-state index in [2.05, 4.69) is 4.74 Å². The summed E-state index contributed by atoms with van der Waals surface area (Å²) >= 11 is 0. The monoisotopic (exact) mass is 262 g/mol. The summed E-state index contributed by atoms with van der Waals surface area (Å²) in [5, 5.41) is 0. The summed E-state index contributed by atoms with van der Waals surface area (Å²) in [5.41, 5.74) is 2.82. The number of hydrogen-bond acceptors (Lipinski definition) is 3. The molecule has 0 spiro atoms. The van der Waals surface area contributed by atoms with E-state index in [1.54, 1.807) is 0 Å². The van der Waals surface area contributed by atoms with E-state index in [1.165, 1.54) is 24.3 Å². The normalized spacial score (nSPS) is 13.2. The van der Waals surface area contributed by atoms with Crippen molar-refractivity contribution in [3.63, 3.8) is 0 Å². The lowest BCUT2D eigenvalue weighted by molar-refractivity contribution is -0.217. The quantitative estimate of drug-likeness (QED) is 0.493. The molecule has 0 radical (unpaired) electrons. The number of carbonyl (C=O) groups is 1. The van der Waals surface area contributed by atoms with Gasteiger partial charge in [0.15, 0.2) is 6.10 Å². The van der Waals surface area contributed by atoms with Crippen LogP contribution in [0.3, 0.4) is 0 Å². The largest absolute Gasteiger partial charge is 0.414 e. The number of hydrazine groups is 1. The molecule has 4 nitrogen and oxygen atoms in total. The molecular formula is C11H13F3N2O2. The van der Waals surface area contributed by atoms with Crippen molar-refractivity contribution in [2.75, 3.05) is 0 Å². The van der Waals surface area contributed by atoms with Gasteiger partial charge in [-0.25, -0.2) is 5.84 Å². The number of carbonyl (C=O) groups excluding carboxylic acids is 1. The number of hydrogen-bond donors (Lipinski definition) is 2. The Labute approximate surface area is 102 Å². The maximum Gasteiger partial charge on any atom is 0.414 e. The number of amides is 1. The topological polar surface area (TPSA) is 64.3 Å². The number of benzene rings is 1. The average Bonchev–Trinajstić information content (AvgIpc) is 2.34. The third kappa shape index (κ3) is 4.01. The van der Waals surface area contributed by atoms with Crippen LogP contribution in [0.4, 0.5) is 13.2 Å². The predicted molar refractivity (Wildman–Crippen MR) is 58.4 cm³/mol. The Kier molecular flexibility index (Phi) is 4.69. The highest BCUT2D eigenvalue weighted by Crippen LogP contribution is 2.23. The van der Waals surface area contributed by atoms with E-state index in [1.807, 2.05) is 5.43 Å². The number of nitrogens with one attached hydrogen (secondary N) is 1. The Morgan fingerprint density at radius 2 is 1.94 bits per heavy atom. The number of nitrogens with two attached hydrogens (primary N) is 1. The highest BCUT2D eigenvalue weighted by Gasteiger charge is 2.36. The number of rotatable bonds is 4. The lowest BCUT2D eigenvalue weighted by atomic mass is 10.1. The minimum absolute atomic E-state index is 0.175. The molecule has 18 heavy (non-hydrogen) atoms. The van der Waals surface area contributed by atoms with Crippen molar-refractivity contribution >= 4 is 5.91 Å². The van der Waals surface area contributed by atoms with Gasteiger partial charge in [-0.15, -0.1) is 0 Å². The minimum Gasteiger partial charge on any atom is -0.364 e. The third-order valence-corrected chi connectivity index (χ3v) is 2.31. The first-order valence-electron chi connectivity index (χ1n) is 5.13. The van der Waals surface area contributed by atoms with Crippen molar-refractivity contribution in [3.05, 3.63) is 35.4 Å². The molecule has 0 bridgehead atoms. The smallest absolute Gasteiger partial charge is 0.364 e. The molecule has 0 aromatic heterocycles. The first kappa shape index (κ1) is 14.5. The van der Waals surface area contributed by atoms with Gasteiger partial charge in [0, 0.05) is 5.56 Å².